The molecule has 108 valence electrons. The summed E-state index contributed by atoms with van der Waals surface area (Å²) < 4.78 is 5.22. The van der Waals surface area contributed by atoms with Crippen LogP contribution in [0.3, 0.4) is 0 Å². The highest BCUT2D eigenvalue weighted by Gasteiger charge is 2.17. The van der Waals surface area contributed by atoms with Crippen molar-refractivity contribution in [3.63, 3.8) is 0 Å². The van der Waals surface area contributed by atoms with Crippen molar-refractivity contribution in [2.24, 2.45) is 5.73 Å². The van der Waals surface area contributed by atoms with Crippen molar-refractivity contribution >= 4 is 11.3 Å². The lowest BCUT2D eigenvalue weighted by molar-refractivity contribution is 0.180. The Hall–Kier alpha value is -0.490. The highest BCUT2D eigenvalue weighted by Crippen LogP contribution is 2.26. The zero-order valence-corrected chi connectivity index (χ0v) is 12.8. The molecule has 1 aliphatic heterocycles. The van der Waals surface area contributed by atoms with Gasteiger partial charge in [-0.2, -0.15) is 0 Å². The first-order valence-corrected chi connectivity index (χ1v) is 7.97. The molecule has 0 aliphatic carbocycles. The zero-order chi connectivity index (χ0) is 13.7. The van der Waals surface area contributed by atoms with Gasteiger partial charge in [0.15, 0.2) is 0 Å². The summed E-state index contributed by atoms with van der Waals surface area (Å²) in [6.07, 6.45) is 5.37. The van der Waals surface area contributed by atoms with Crippen molar-refractivity contribution in [3.8, 4) is 0 Å². The molecule has 1 aromatic rings. The van der Waals surface area contributed by atoms with Gasteiger partial charge < -0.3 is 10.5 Å². The van der Waals surface area contributed by atoms with Gasteiger partial charge in [-0.15, -0.1) is 11.3 Å². The van der Waals surface area contributed by atoms with Gasteiger partial charge in [-0.25, -0.2) is 4.98 Å². The molecule has 1 aliphatic rings. The third kappa shape index (κ3) is 4.24. The van der Waals surface area contributed by atoms with Gasteiger partial charge >= 0.3 is 0 Å². The highest BCUT2D eigenvalue weighted by molar-refractivity contribution is 7.11. The van der Waals surface area contributed by atoms with Crippen molar-refractivity contribution in [2.75, 3.05) is 20.2 Å². The molecule has 19 heavy (non-hydrogen) atoms. The molecule has 0 bridgehead atoms. The fraction of sp³-hybridized carbons (Fsp3) is 0.786. The van der Waals surface area contributed by atoms with Crippen LogP contribution in [0.15, 0.2) is 0 Å². The molecule has 2 heterocycles. The third-order valence-corrected chi connectivity index (χ3v) is 4.81. The number of methoxy groups -OCH3 is 1. The standard InChI is InChI=1S/C14H25N3OS/c1-11(15)14-12(10-18-2)16-13(19-14)9-17-7-5-3-4-6-8-17/h11H,3-10,15H2,1-2H3. The third-order valence-electron chi connectivity index (χ3n) is 3.52. The van der Waals surface area contributed by atoms with E-state index in [-0.39, 0.29) is 6.04 Å². The molecule has 2 N–H and O–H groups in total. The van der Waals surface area contributed by atoms with Crippen LogP contribution in [0.4, 0.5) is 0 Å². The predicted molar refractivity (Wildman–Crippen MR) is 79.2 cm³/mol. The Morgan fingerprint density at radius 1 is 1.32 bits per heavy atom. The number of ether oxygens (including phenoxy) is 1. The molecule has 0 aromatic carbocycles. The normalized spacial score (nSPS) is 19.3. The maximum atomic E-state index is 6.02. The van der Waals surface area contributed by atoms with Crippen LogP contribution in [0, 0.1) is 0 Å². The number of aromatic nitrogens is 1. The van der Waals surface area contributed by atoms with Crippen LogP contribution in [0.2, 0.25) is 0 Å². The van der Waals surface area contributed by atoms with E-state index in [1.165, 1.54) is 48.7 Å². The maximum Gasteiger partial charge on any atom is 0.107 e. The summed E-state index contributed by atoms with van der Waals surface area (Å²) in [5.74, 6) is 0. The van der Waals surface area contributed by atoms with Crippen LogP contribution in [-0.4, -0.2) is 30.1 Å². The van der Waals surface area contributed by atoms with E-state index in [1.54, 1.807) is 18.4 Å². The molecule has 0 radical (unpaired) electrons. The molecule has 0 spiro atoms. The van der Waals surface area contributed by atoms with E-state index in [1.807, 2.05) is 6.92 Å². The molecule has 1 aromatic heterocycles. The lowest BCUT2D eigenvalue weighted by Crippen LogP contribution is -2.23. The van der Waals surface area contributed by atoms with E-state index in [4.69, 9.17) is 15.5 Å². The van der Waals surface area contributed by atoms with Crippen LogP contribution < -0.4 is 5.73 Å². The van der Waals surface area contributed by atoms with Crippen molar-refractivity contribution in [2.45, 2.75) is 51.8 Å². The number of likely N-dealkylation sites (tertiary alicyclic amines) is 1. The molecule has 1 atom stereocenters. The van der Waals surface area contributed by atoms with Gasteiger partial charge in [0.25, 0.3) is 0 Å². The summed E-state index contributed by atoms with van der Waals surface area (Å²) in [6.45, 7) is 5.95. The first-order chi connectivity index (χ1) is 9.20. The molecule has 1 fully saturated rings. The Morgan fingerprint density at radius 2 is 2.00 bits per heavy atom. The van der Waals surface area contributed by atoms with Crippen LogP contribution in [-0.2, 0) is 17.9 Å². The molecule has 0 saturated carbocycles. The van der Waals surface area contributed by atoms with Crippen LogP contribution in [0.1, 0.15) is 54.2 Å². The van der Waals surface area contributed by atoms with Crippen molar-refractivity contribution < 1.29 is 4.74 Å². The summed E-state index contributed by atoms with van der Waals surface area (Å²) in [5, 5.41) is 1.18. The van der Waals surface area contributed by atoms with Crippen LogP contribution in [0.5, 0.6) is 0 Å². The molecule has 0 amide bonds. The number of hydrogen-bond acceptors (Lipinski definition) is 5. The molecule has 4 nitrogen and oxygen atoms in total. The molecule has 1 saturated heterocycles. The number of nitrogens with two attached hydrogens (primary N) is 1. The van der Waals surface area contributed by atoms with Gasteiger partial charge in [0.05, 0.1) is 18.8 Å². The SMILES string of the molecule is COCc1nc(CN2CCCCCC2)sc1C(C)N. The van der Waals surface area contributed by atoms with Crippen molar-refractivity contribution in [3.05, 3.63) is 15.6 Å². The van der Waals surface area contributed by atoms with E-state index in [9.17, 15) is 0 Å². The van der Waals surface area contributed by atoms with E-state index in [0.717, 1.165) is 12.2 Å². The van der Waals surface area contributed by atoms with Gasteiger partial charge in [0.2, 0.25) is 0 Å². The number of nitrogens with zero attached hydrogens (tertiary/aromatic N) is 2. The van der Waals surface area contributed by atoms with Gasteiger partial charge in [-0.05, 0) is 32.9 Å². The lowest BCUT2D eigenvalue weighted by Gasteiger charge is -2.17. The van der Waals surface area contributed by atoms with E-state index in [0.29, 0.717) is 6.61 Å². The van der Waals surface area contributed by atoms with Gasteiger partial charge in [0.1, 0.15) is 5.01 Å². The smallest absolute Gasteiger partial charge is 0.107 e. The summed E-state index contributed by atoms with van der Waals surface area (Å²) >= 11 is 1.75. The molecular formula is C14H25N3OS. The number of thiazole rings is 1. The first-order valence-electron chi connectivity index (χ1n) is 7.16. The van der Waals surface area contributed by atoms with Crippen LogP contribution >= 0.6 is 11.3 Å². The second-order valence-electron chi connectivity index (χ2n) is 5.33. The van der Waals surface area contributed by atoms with Gasteiger partial charge in [-0.1, -0.05) is 12.8 Å². The molecule has 2 rings (SSSR count). The predicted octanol–water partition coefficient (Wildman–Crippen LogP) is 2.69. The lowest BCUT2D eigenvalue weighted by atomic mass is 10.2. The Labute approximate surface area is 120 Å². The summed E-state index contributed by atoms with van der Waals surface area (Å²) in [6, 6.07) is 0.0422. The van der Waals surface area contributed by atoms with Gasteiger partial charge in [-0.3, -0.25) is 4.90 Å². The average molecular weight is 283 g/mol. The van der Waals surface area contributed by atoms with E-state index < -0.39 is 0 Å². The Balaban J connectivity index is 2.04. The summed E-state index contributed by atoms with van der Waals surface area (Å²) in [7, 11) is 1.71. The van der Waals surface area contributed by atoms with E-state index in [2.05, 4.69) is 4.90 Å². The second kappa shape index (κ2) is 7.33. The minimum atomic E-state index is 0.0422. The highest BCUT2D eigenvalue weighted by atomic mass is 32.1. The van der Waals surface area contributed by atoms with E-state index >= 15 is 0 Å². The maximum absolute atomic E-state index is 6.02. The summed E-state index contributed by atoms with van der Waals surface area (Å²) in [4.78, 5) is 8.41. The molecular weight excluding hydrogens is 258 g/mol. The monoisotopic (exact) mass is 283 g/mol. The van der Waals surface area contributed by atoms with Crippen LogP contribution in [0.25, 0.3) is 0 Å². The number of rotatable bonds is 5. The molecule has 1 unspecified atom stereocenters. The van der Waals surface area contributed by atoms with Gasteiger partial charge in [0, 0.05) is 18.0 Å². The summed E-state index contributed by atoms with van der Waals surface area (Å²) in [5.41, 5.74) is 7.04. The topological polar surface area (TPSA) is 51.4 Å². The first kappa shape index (κ1) is 14.9. The minimum Gasteiger partial charge on any atom is -0.378 e. The minimum absolute atomic E-state index is 0.0422. The largest absolute Gasteiger partial charge is 0.378 e. The molecule has 5 heteroatoms. The second-order valence-corrected chi connectivity index (χ2v) is 6.45. The van der Waals surface area contributed by atoms with Crippen molar-refractivity contribution in [1.82, 2.24) is 9.88 Å². The number of hydrogen-bond donors (Lipinski definition) is 1. The Bertz CT molecular complexity index is 384. The Morgan fingerprint density at radius 3 is 2.58 bits per heavy atom. The zero-order valence-electron chi connectivity index (χ0n) is 12.0. The fourth-order valence-corrected chi connectivity index (χ4v) is 3.63. The average Bonchev–Trinajstić information content (AvgIpc) is 2.59. The fourth-order valence-electron chi connectivity index (χ4n) is 2.56. The quantitative estimate of drug-likeness (QED) is 0.902. The Kier molecular flexibility index (Phi) is 5.76. The van der Waals surface area contributed by atoms with Crippen molar-refractivity contribution in [1.29, 1.82) is 0 Å².